The van der Waals surface area contributed by atoms with E-state index in [9.17, 15) is 0 Å². The molecule has 1 aliphatic rings. The van der Waals surface area contributed by atoms with Crippen molar-refractivity contribution in [1.29, 1.82) is 0 Å². The highest BCUT2D eigenvalue weighted by molar-refractivity contribution is 4.95. The largest absolute Gasteiger partial charge is 0.317 e. The van der Waals surface area contributed by atoms with Crippen molar-refractivity contribution < 1.29 is 0 Å². The fraction of sp³-hybridized carbons (Fsp3) is 0.857. The molecule has 1 N–H and O–H groups in total. The zero-order valence-corrected chi connectivity index (χ0v) is 11.2. The Balaban J connectivity index is 2.66. The second-order valence-electron chi connectivity index (χ2n) is 4.99. The first-order valence-electron chi connectivity index (χ1n) is 6.52. The number of hydrogen-bond donors (Lipinski definition) is 1. The summed E-state index contributed by atoms with van der Waals surface area (Å²) in [4.78, 5) is 2.61. The van der Waals surface area contributed by atoms with Crippen molar-refractivity contribution >= 4 is 0 Å². The summed E-state index contributed by atoms with van der Waals surface area (Å²) in [5.74, 6) is 3.52. The van der Waals surface area contributed by atoms with Crippen molar-refractivity contribution in [3.8, 4) is 12.3 Å². The van der Waals surface area contributed by atoms with E-state index < -0.39 is 0 Å². The first kappa shape index (κ1) is 13.5. The molecule has 0 aromatic carbocycles. The van der Waals surface area contributed by atoms with Crippen molar-refractivity contribution in [3.63, 3.8) is 0 Å². The lowest BCUT2D eigenvalue weighted by Gasteiger charge is -2.46. The van der Waals surface area contributed by atoms with Crippen molar-refractivity contribution in [2.75, 3.05) is 13.6 Å². The SMILES string of the molecule is C#CCC(CC)N1CCC(NC)C(C)C1C. The maximum atomic E-state index is 5.46. The molecule has 2 heteroatoms. The molecule has 92 valence electrons. The quantitative estimate of drug-likeness (QED) is 0.733. The summed E-state index contributed by atoms with van der Waals surface area (Å²) in [7, 11) is 2.07. The lowest BCUT2D eigenvalue weighted by molar-refractivity contribution is 0.0486. The van der Waals surface area contributed by atoms with Gasteiger partial charge < -0.3 is 5.32 Å². The molecule has 0 aromatic rings. The smallest absolute Gasteiger partial charge is 0.0242 e. The predicted octanol–water partition coefficient (Wildman–Crippen LogP) is 2.11. The summed E-state index contributed by atoms with van der Waals surface area (Å²) in [5.41, 5.74) is 0. The number of nitrogens with zero attached hydrogens (tertiary/aromatic N) is 1. The number of terminal acetylenes is 1. The van der Waals surface area contributed by atoms with Crippen LogP contribution in [0.1, 0.15) is 40.0 Å². The molecule has 0 aliphatic carbocycles. The highest BCUT2D eigenvalue weighted by atomic mass is 15.2. The van der Waals surface area contributed by atoms with E-state index in [1.165, 1.54) is 13.0 Å². The fourth-order valence-corrected chi connectivity index (χ4v) is 2.95. The third kappa shape index (κ3) is 2.78. The van der Waals surface area contributed by atoms with E-state index in [1.807, 2.05) is 0 Å². The van der Waals surface area contributed by atoms with Crippen LogP contribution in [-0.2, 0) is 0 Å². The Bertz CT molecular complexity index is 244. The number of hydrogen-bond acceptors (Lipinski definition) is 2. The van der Waals surface area contributed by atoms with E-state index in [-0.39, 0.29) is 0 Å². The average Bonchev–Trinajstić information content (AvgIpc) is 2.30. The molecule has 1 rings (SSSR count). The Hall–Kier alpha value is -0.520. The fourth-order valence-electron chi connectivity index (χ4n) is 2.95. The summed E-state index contributed by atoms with van der Waals surface area (Å²) in [6, 6.07) is 1.86. The van der Waals surface area contributed by atoms with Crippen LogP contribution in [0.2, 0.25) is 0 Å². The molecule has 0 amide bonds. The van der Waals surface area contributed by atoms with Crippen LogP contribution >= 0.6 is 0 Å². The monoisotopic (exact) mass is 222 g/mol. The molecular weight excluding hydrogens is 196 g/mol. The Kier molecular flexibility index (Phi) is 5.31. The van der Waals surface area contributed by atoms with Gasteiger partial charge in [0.2, 0.25) is 0 Å². The van der Waals surface area contributed by atoms with Crippen LogP contribution < -0.4 is 5.32 Å². The van der Waals surface area contributed by atoms with Gasteiger partial charge in [-0.05, 0) is 32.7 Å². The van der Waals surface area contributed by atoms with Gasteiger partial charge in [0.15, 0.2) is 0 Å². The van der Waals surface area contributed by atoms with Gasteiger partial charge in [-0.3, -0.25) is 4.90 Å². The molecule has 4 unspecified atom stereocenters. The van der Waals surface area contributed by atoms with Gasteiger partial charge in [-0.25, -0.2) is 0 Å². The Morgan fingerprint density at radius 2 is 2.19 bits per heavy atom. The molecule has 16 heavy (non-hydrogen) atoms. The molecule has 2 nitrogen and oxygen atoms in total. The molecule has 0 spiro atoms. The number of likely N-dealkylation sites (tertiary alicyclic amines) is 1. The van der Waals surface area contributed by atoms with Crippen LogP contribution in [0, 0.1) is 18.3 Å². The molecule has 1 aliphatic heterocycles. The van der Waals surface area contributed by atoms with E-state index in [2.05, 4.69) is 44.0 Å². The minimum atomic E-state index is 0.570. The van der Waals surface area contributed by atoms with E-state index in [0.717, 1.165) is 12.8 Å². The second-order valence-corrected chi connectivity index (χ2v) is 4.99. The molecule has 1 saturated heterocycles. The molecule has 0 bridgehead atoms. The highest BCUT2D eigenvalue weighted by Crippen LogP contribution is 2.27. The molecule has 0 radical (unpaired) electrons. The minimum Gasteiger partial charge on any atom is -0.317 e. The molecule has 1 fully saturated rings. The van der Waals surface area contributed by atoms with Crippen molar-refractivity contribution in [2.45, 2.75) is 58.2 Å². The molecule has 0 aromatic heterocycles. The number of nitrogens with one attached hydrogen (secondary N) is 1. The molecule has 1 heterocycles. The van der Waals surface area contributed by atoms with E-state index in [1.54, 1.807) is 0 Å². The summed E-state index contributed by atoms with van der Waals surface area (Å²) < 4.78 is 0. The highest BCUT2D eigenvalue weighted by Gasteiger charge is 2.34. The minimum absolute atomic E-state index is 0.570. The lowest BCUT2D eigenvalue weighted by atomic mass is 9.85. The van der Waals surface area contributed by atoms with Crippen LogP contribution in [-0.4, -0.2) is 36.6 Å². The zero-order valence-electron chi connectivity index (χ0n) is 11.2. The van der Waals surface area contributed by atoms with Gasteiger partial charge in [0.05, 0.1) is 0 Å². The lowest BCUT2D eigenvalue weighted by Crippen LogP contribution is -2.55. The zero-order chi connectivity index (χ0) is 12.1. The summed E-state index contributed by atoms with van der Waals surface area (Å²) in [6.45, 7) is 8.11. The van der Waals surface area contributed by atoms with Crippen LogP contribution in [0.4, 0.5) is 0 Å². The van der Waals surface area contributed by atoms with E-state index >= 15 is 0 Å². The van der Waals surface area contributed by atoms with Crippen molar-refractivity contribution in [3.05, 3.63) is 0 Å². The van der Waals surface area contributed by atoms with Gasteiger partial charge in [0.1, 0.15) is 0 Å². The average molecular weight is 222 g/mol. The van der Waals surface area contributed by atoms with Crippen LogP contribution in [0.3, 0.4) is 0 Å². The second kappa shape index (κ2) is 6.27. The number of rotatable bonds is 4. The maximum absolute atomic E-state index is 5.46. The van der Waals surface area contributed by atoms with Gasteiger partial charge in [-0.15, -0.1) is 12.3 Å². The third-order valence-corrected chi connectivity index (χ3v) is 4.28. The third-order valence-electron chi connectivity index (χ3n) is 4.28. The Morgan fingerprint density at radius 1 is 1.50 bits per heavy atom. The summed E-state index contributed by atoms with van der Waals surface area (Å²) >= 11 is 0. The van der Waals surface area contributed by atoms with Gasteiger partial charge in [0.25, 0.3) is 0 Å². The molecule has 4 atom stereocenters. The molecule has 0 saturated carbocycles. The van der Waals surface area contributed by atoms with E-state index in [0.29, 0.717) is 24.0 Å². The topological polar surface area (TPSA) is 15.3 Å². The van der Waals surface area contributed by atoms with Crippen LogP contribution in [0.15, 0.2) is 0 Å². The van der Waals surface area contributed by atoms with Gasteiger partial charge >= 0.3 is 0 Å². The number of piperidine rings is 1. The normalized spacial score (nSPS) is 33.3. The Morgan fingerprint density at radius 3 is 2.69 bits per heavy atom. The predicted molar refractivity (Wildman–Crippen MR) is 70.3 cm³/mol. The summed E-state index contributed by atoms with van der Waals surface area (Å²) in [6.07, 6.45) is 8.74. The maximum Gasteiger partial charge on any atom is 0.0242 e. The van der Waals surface area contributed by atoms with Gasteiger partial charge in [0, 0.05) is 31.1 Å². The van der Waals surface area contributed by atoms with Crippen molar-refractivity contribution in [2.24, 2.45) is 5.92 Å². The first-order valence-corrected chi connectivity index (χ1v) is 6.52. The van der Waals surface area contributed by atoms with E-state index in [4.69, 9.17) is 6.42 Å². The Labute approximate surface area is 101 Å². The first-order chi connectivity index (χ1) is 7.65. The molecular formula is C14H26N2. The van der Waals surface area contributed by atoms with Gasteiger partial charge in [-0.2, -0.15) is 0 Å². The summed E-state index contributed by atoms with van der Waals surface area (Å²) in [5, 5.41) is 3.43. The van der Waals surface area contributed by atoms with Crippen LogP contribution in [0.5, 0.6) is 0 Å². The van der Waals surface area contributed by atoms with Crippen molar-refractivity contribution in [1.82, 2.24) is 10.2 Å². The van der Waals surface area contributed by atoms with Gasteiger partial charge in [-0.1, -0.05) is 13.8 Å². The standard InChI is InChI=1S/C14H26N2/c1-6-8-13(7-2)16-10-9-14(15-5)11(3)12(16)4/h1,11-15H,7-10H2,2-5H3. The van der Waals surface area contributed by atoms with Crippen LogP contribution in [0.25, 0.3) is 0 Å².